The molecule has 0 N–H and O–H groups in total. The van der Waals surface area contributed by atoms with Crippen LogP contribution < -0.4 is 4.74 Å². The van der Waals surface area contributed by atoms with E-state index in [1.807, 2.05) is 28.8 Å². The summed E-state index contributed by atoms with van der Waals surface area (Å²) in [6, 6.07) is 11.6. The molecule has 0 bridgehead atoms. The molecule has 0 aliphatic rings. The molecule has 0 amide bonds. The number of hydrogen-bond acceptors (Lipinski definition) is 4. The average molecular weight is 373 g/mol. The van der Waals surface area contributed by atoms with Gasteiger partial charge in [0.2, 0.25) is 0 Å². The lowest BCUT2D eigenvalue weighted by Gasteiger charge is -2.10. The first-order chi connectivity index (χ1) is 12.7. The summed E-state index contributed by atoms with van der Waals surface area (Å²) in [7, 11) is 1.59. The number of thioether (sulfide) groups is 1. The van der Waals surface area contributed by atoms with E-state index in [1.54, 1.807) is 19.3 Å². The van der Waals surface area contributed by atoms with Crippen LogP contribution in [0.15, 0.2) is 60.3 Å². The highest BCUT2D eigenvalue weighted by molar-refractivity contribution is 7.98. The smallest absolute Gasteiger partial charge is 0.192 e. The third-order valence-corrected chi connectivity index (χ3v) is 4.78. The summed E-state index contributed by atoms with van der Waals surface area (Å²) in [6.45, 7) is 4.25. The summed E-state index contributed by atoms with van der Waals surface area (Å²) >= 11 is 1.29. The summed E-state index contributed by atoms with van der Waals surface area (Å²) in [5.74, 6) is -0.141. The van der Waals surface area contributed by atoms with Crippen LogP contribution in [0.25, 0.3) is 11.4 Å². The minimum absolute atomic E-state index is 0.241. The van der Waals surface area contributed by atoms with Gasteiger partial charge in [-0.2, -0.15) is 0 Å². The van der Waals surface area contributed by atoms with Gasteiger partial charge in [0.05, 0.1) is 12.7 Å². The molecular weight excluding hydrogens is 356 g/mol. The minimum atomic E-state index is -0.856. The molecule has 134 valence electrons. The molecule has 0 atom stereocenters. The molecular formula is C19H17F2N3OS. The molecule has 4 nitrogen and oxygen atoms in total. The molecule has 0 spiro atoms. The van der Waals surface area contributed by atoms with Gasteiger partial charge in [-0.1, -0.05) is 42.1 Å². The van der Waals surface area contributed by atoms with Crippen molar-refractivity contribution in [1.29, 1.82) is 0 Å². The lowest BCUT2D eigenvalue weighted by molar-refractivity contribution is 0.416. The van der Waals surface area contributed by atoms with Crippen molar-refractivity contribution in [3.63, 3.8) is 0 Å². The number of rotatable bonds is 7. The van der Waals surface area contributed by atoms with E-state index in [2.05, 4.69) is 16.8 Å². The molecule has 3 aromatic rings. The largest absolute Gasteiger partial charge is 0.496 e. The number of hydrogen-bond donors (Lipinski definition) is 0. The molecule has 7 heteroatoms. The van der Waals surface area contributed by atoms with Crippen LogP contribution in [-0.2, 0) is 12.3 Å². The SMILES string of the molecule is C=CCn1c(SCc2cccc(F)c2F)nnc1-c1ccccc1OC. The molecule has 0 aliphatic carbocycles. The Labute approximate surface area is 154 Å². The second-order valence-corrected chi connectivity index (χ2v) is 6.35. The monoisotopic (exact) mass is 373 g/mol. The fourth-order valence-corrected chi connectivity index (χ4v) is 3.44. The van der Waals surface area contributed by atoms with Crippen molar-refractivity contribution in [3.05, 3.63) is 72.3 Å². The van der Waals surface area contributed by atoms with Crippen LogP contribution in [0.5, 0.6) is 5.75 Å². The fourth-order valence-electron chi connectivity index (χ4n) is 2.52. The van der Waals surface area contributed by atoms with Crippen molar-refractivity contribution in [3.8, 4) is 17.1 Å². The predicted molar refractivity (Wildman–Crippen MR) is 98.1 cm³/mol. The molecule has 0 aliphatic heterocycles. The van der Waals surface area contributed by atoms with Gasteiger partial charge in [0.1, 0.15) is 5.75 Å². The van der Waals surface area contributed by atoms with Gasteiger partial charge in [-0.15, -0.1) is 16.8 Å². The van der Waals surface area contributed by atoms with E-state index in [0.29, 0.717) is 23.3 Å². The fraction of sp³-hybridized carbons (Fsp3) is 0.158. The Bertz CT molecular complexity index is 927. The maximum Gasteiger partial charge on any atom is 0.192 e. The lowest BCUT2D eigenvalue weighted by Crippen LogP contribution is -2.02. The Kier molecular flexibility index (Phi) is 5.68. The van der Waals surface area contributed by atoms with E-state index in [-0.39, 0.29) is 11.3 Å². The van der Waals surface area contributed by atoms with Gasteiger partial charge in [-0.25, -0.2) is 8.78 Å². The Balaban J connectivity index is 1.92. The number of methoxy groups -OCH3 is 1. The number of para-hydroxylation sites is 1. The van der Waals surface area contributed by atoms with E-state index >= 15 is 0 Å². The third-order valence-electron chi connectivity index (χ3n) is 3.76. The normalized spacial score (nSPS) is 10.7. The van der Waals surface area contributed by atoms with Crippen LogP contribution in [0, 0.1) is 11.6 Å². The van der Waals surface area contributed by atoms with Crippen LogP contribution in [0.1, 0.15) is 5.56 Å². The average Bonchev–Trinajstić information content (AvgIpc) is 3.06. The highest BCUT2D eigenvalue weighted by Gasteiger charge is 2.17. The number of nitrogens with zero attached hydrogens (tertiary/aromatic N) is 3. The molecule has 2 aromatic carbocycles. The Morgan fingerprint density at radius 3 is 2.73 bits per heavy atom. The lowest BCUT2D eigenvalue weighted by atomic mass is 10.2. The van der Waals surface area contributed by atoms with Gasteiger partial charge in [0.15, 0.2) is 22.6 Å². The van der Waals surface area contributed by atoms with Crippen LogP contribution in [0.4, 0.5) is 8.78 Å². The summed E-state index contributed by atoms with van der Waals surface area (Å²) in [4.78, 5) is 0. The first-order valence-electron chi connectivity index (χ1n) is 7.89. The van der Waals surface area contributed by atoms with Crippen LogP contribution >= 0.6 is 11.8 Å². The Hall–Kier alpha value is -2.67. The zero-order valence-electron chi connectivity index (χ0n) is 14.2. The summed E-state index contributed by atoms with van der Waals surface area (Å²) < 4.78 is 34.5. The highest BCUT2D eigenvalue weighted by atomic mass is 32.2. The predicted octanol–water partition coefficient (Wildman–Crippen LogP) is 4.71. The van der Waals surface area contributed by atoms with Crippen molar-refractivity contribution in [2.24, 2.45) is 0 Å². The first kappa shape index (κ1) is 18.1. The van der Waals surface area contributed by atoms with E-state index in [1.165, 1.54) is 17.8 Å². The molecule has 26 heavy (non-hydrogen) atoms. The van der Waals surface area contributed by atoms with Gasteiger partial charge >= 0.3 is 0 Å². The van der Waals surface area contributed by atoms with Gasteiger partial charge in [0, 0.05) is 17.9 Å². The number of benzene rings is 2. The molecule has 1 aromatic heterocycles. The third kappa shape index (κ3) is 3.62. The van der Waals surface area contributed by atoms with Crippen LogP contribution in [-0.4, -0.2) is 21.9 Å². The molecule has 0 unspecified atom stereocenters. The van der Waals surface area contributed by atoms with Crippen molar-refractivity contribution in [2.75, 3.05) is 7.11 Å². The number of allylic oxidation sites excluding steroid dienone is 1. The van der Waals surface area contributed by atoms with Gasteiger partial charge in [-0.05, 0) is 18.2 Å². The van der Waals surface area contributed by atoms with Crippen molar-refractivity contribution in [2.45, 2.75) is 17.5 Å². The molecule has 0 radical (unpaired) electrons. The molecule has 0 fully saturated rings. The molecule has 0 saturated carbocycles. The number of halogens is 2. The number of aromatic nitrogens is 3. The van der Waals surface area contributed by atoms with Crippen LogP contribution in [0.3, 0.4) is 0 Å². The first-order valence-corrected chi connectivity index (χ1v) is 8.87. The second-order valence-electron chi connectivity index (χ2n) is 5.41. The summed E-state index contributed by atoms with van der Waals surface area (Å²) in [5, 5.41) is 9.06. The van der Waals surface area contributed by atoms with E-state index in [4.69, 9.17) is 4.74 Å². The minimum Gasteiger partial charge on any atom is -0.496 e. The van der Waals surface area contributed by atoms with E-state index in [9.17, 15) is 8.78 Å². The summed E-state index contributed by atoms with van der Waals surface area (Å²) in [6.07, 6.45) is 1.73. The van der Waals surface area contributed by atoms with Crippen molar-refractivity contribution in [1.82, 2.24) is 14.8 Å². The van der Waals surface area contributed by atoms with E-state index in [0.717, 1.165) is 11.6 Å². The van der Waals surface area contributed by atoms with E-state index < -0.39 is 11.6 Å². The van der Waals surface area contributed by atoms with Gasteiger partial charge in [0.25, 0.3) is 0 Å². The van der Waals surface area contributed by atoms with Crippen molar-refractivity contribution >= 4 is 11.8 Å². The van der Waals surface area contributed by atoms with Gasteiger partial charge < -0.3 is 4.74 Å². The molecule has 1 heterocycles. The molecule has 0 saturated heterocycles. The summed E-state index contributed by atoms with van der Waals surface area (Å²) in [5.41, 5.74) is 1.08. The Morgan fingerprint density at radius 1 is 1.15 bits per heavy atom. The highest BCUT2D eigenvalue weighted by Crippen LogP contribution is 2.32. The second kappa shape index (κ2) is 8.14. The number of ether oxygens (including phenoxy) is 1. The zero-order chi connectivity index (χ0) is 18.5. The van der Waals surface area contributed by atoms with Crippen LogP contribution in [0.2, 0.25) is 0 Å². The Morgan fingerprint density at radius 2 is 1.96 bits per heavy atom. The molecule has 3 rings (SSSR count). The topological polar surface area (TPSA) is 39.9 Å². The van der Waals surface area contributed by atoms with Gasteiger partial charge in [-0.3, -0.25) is 4.57 Å². The zero-order valence-corrected chi connectivity index (χ0v) is 15.0. The maximum atomic E-state index is 13.9. The maximum absolute atomic E-state index is 13.9. The quantitative estimate of drug-likeness (QED) is 0.444. The van der Waals surface area contributed by atoms with Crippen molar-refractivity contribution < 1.29 is 13.5 Å². The standard InChI is InChI=1S/C19H17F2N3OS/c1-3-11-24-18(14-8-4-5-10-16(14)25-2)22-23-19(24)26-12-13-7-6-9-15(20)17(13)21/h3-10H,1,11-12H2,2H3.